The average Bonchev–Trinajstić information content (AvgIpc) is 3.29. The molecule has 7 heteroatoms. The van der Waals surface area contributed by atoms with Crippen molar-refractivity contribution in [3.8, 4) is 50.3 Å². The molecule has 0 spiro atoms. The molecule has 0 aliphatic carbocycles. The van der Waals surface area contributed by atoms with E-state index in [1.54, 1.807) is 12.1 Å². The molecule has 304 valence electrons. The Balaban J connectivity index is 1.28. The largest absolute Gasteiger partial charge is 0.573 e. The highest BCUT2D eigenvalue weighted by Gasteiger charge is 2.31. The van der Waals surface area contributed by atoms with Crippen LogP contribution in [-0.4, -0.2) is 6.36 Å². The topological polar surface area (TPSA) is 9.23 Å². The predicted molar refractivity (Wildman–Crippen MR) is 245 cm³/mol. The Labute approximate surface area is 357 Å². The zero-order valence-corrected chi connectivity index (χ0v) is 33.2. The minimum atomic E-state index is -4.83. The molecular weight excluding hydrogens is 803 g/mol. The third-order valence-corrected chi connectivity index (χ3v) is 12.1. The van der Waals surface area contributed by atoms with Gasteiger partial charge in [0.2, 0.25) is 0 Å². The molecule has 0 aliphatic heterocycles. The number of hydrogen-bond donors (Lipinski definition) is 0. The zero-order valence-electron chi connectivity index (χ0n) is 33.2. The van der Waals surface area contributed by atoms with Crippen LogP contribution in [0.2, 0.25) is 0 Å². The summed E-state index contributed by atoms with van der Waals surface area (Å²) in [4.78, 5) is 0. The fourth-order valence-corrected chi connectivity index (χ4v) is 9.32. The van der Waals surface area contributed by atoms with E-state index in [-0.39, 0.29) is 5.75 Å². The van der Waals surface area contributed by atoms with Gasteiger partial charge in [-0.2, -0.15) is 13.2 Å². The summed E-state index contributed by atoms with van der Waals surface area (Å²) in [5.41, 5.74) is 6.02. The standard InChI is InChI=1S/C56H32F6O/c57-55(58,59)40-22-17-33(18-23-40)35-21-26-44-39(27-35)32-51-50(49-28-36-9-1-3-11-42(36)45-13-5-7-15-47(45)49)30-38(34-19-24-41(25-20-34)63-56(60,61)62)31-53(51)54(44)52-29-37-10-2-4-12-43(37)46-14-6-8-16-48(46)52/h1-32H. The first-order valence-electron chi connectivity index (χ1n) is 20.4. The third-order valence-electron chi connectivity index (χ3n) is 12.1. The molecule has 0 N–H and O–H groups in total. The zero-order chi connectivity index (χ0) is 43.0. The van der Waals surface area contributed by atoms with Gasteiger partial charge in [-0.15, -0.1) is 13.2 Å². The van der Waals surface area contributed by atoms with Gasteiger partial charge in [-0.05, 0) is 170 Å². The maximum absolute atomic E-state index is 13.6. The minimum Gasteiger partial charge on any atom is -0.406 e. The summed E-state index contributed by atoms with van der Waals surface area (Å²) in [6.45, 7) is 0. The summed E-state index contributed by atoms with van der Waals surface area (Å²) < 4.78 is 85.0. The van der Waals surface area contributed by atoms with Gasteiger partial charge in [0.05, 0.1) is 5.56 Å². The first-order chi connectivity index (χ1) is 30.5. The molecule has 63 heavy (non-hydrogen) atoms. The molecule has 1 nitrogen and oxygen atoms in total. The molecular formula is C56H32F6O. The van der Waals surface area contributed by atoms with Gasteiger partial charge in [-0.25, -0.2) is 0 Å². The quantitative estimate of drug-likeness (QED) is 0.0953. The molecule has 0 heterocycles. The van der Waals surface area contributed by atoms with Gasteiger partial charge in [0.15, 0.2) is 0 Å². The Morgan fingerprint density at radius 1 is 0.302 bits per heavy atom. The lowest BCUT2D eigenvalue weighted by atomic mass is 9.82. The molecule has 0 amide bonds. The van der Waals surface area contributed by atoms with E-state index in [1.165, 1.54) is 24.3 Å². The van der Waals surface area contributed by atoms with Crippen molar-refractivity contribution in [3.05, 3.63) is 200 Å². The van der Waals surface area contributed by atoms with Crippen molar-refractivity contribution in [3.63, 3.8) is 0 Å². The van der Waals surface area contributed by atoms with Crippen LogP contribution in [0.3, 0.4) is 0 Å². The molecule has 0 radical (unpaired) electrons. The van der Waals surface area contributed by atoms with Gasteiger partial charge in [0.1, 0.15) is 5.75 Å². The summed E-state index contributed by atoms with van der Waals surface area (Å²) in [6.07, 6.45) is -9.29. The molecule has 0 saturated heterocycles. The first-order valence-corrected chi connectivity index (χ1v) is 20.4. The minimum absolute atomic E-state index is 0.314. The first kappa shape index (κ1) is 38.3. The molecule has 0 atom stereocenters. The number of hydrogen-bond acceptors (Lipinski definition) is 1. The molecule has 11 aromatic carbocycles. The lowest BCUT2D eigenvalue weighted by molar-refractivity contribution is -0.274. The summed E-state index contributed by atoms with van der Waals surface area (Å²) in [7, 11) is 0. The predicted octanol–water partition coefficient (Wildman–Crippen LogP) is 17.2. The summed E-state index contributed by atoms with van der Waals surface area (Å²) >= 11 is 0. The van der Waals surface area contributed by atoms with E-state index in [2.05, 4.69) is 83.6 Å². The number of halogens is 6. The van der Waals surface area contributed by atoms with Crippen LogP contribution < -0.4 is 4.74 Å². The lowest BCUT2D eigenvalue weighted by Crippen LogP contribution is -2.16. The Hall–Kier alpha value is -7.64. The molecule has 0 bridgehead atoms. The maximum Gasteiger partial charge on any atom is 0.573 e. The van der Waals surface area contributed by atoms with Crippen LogP contribution >= 0.6 is 0 Å². The Bertz CT molecular complexity index is 3610. The lowest BCUT2D eigenvalue weighted by Gasteiger charge is -2.21. The maximum atomic E-state index is 13.6. The molecule has 0 unspecified atom stereocenters. The van der Waals surface area contributed by atoms with Crippen LogP contribution in [0.1, 0.15) is 5.56 Å². The van der Waals surface area contributed by atoms with Crippen molar-refractivity contribution in [2.24, 2.45) is 0 Å². The summed E-state index contributed by atoms with van der Waals surface area (Å²) in [6, 6.07) is 61.1. The van der Waals surface area contributed by atoms with Gasteiger partial charge < -0.3 is 4.74 Å². The monoisotopic (exact) mass is 834 g/mol. The molecule has 0 aliphatic rings. The van der Waals surface area contributed by atoms with Crippen LogP contribution in [0.25, 0.3) is 109 Å². The Morgan fingerprint density at radius 2 is 0.794 bits per heavy atom. The Morgan fingerprint density at radius 3 is 1.40 bits per heavy atom. The van der Waals surface area contributed by atoms with E-state index >= 15 is 0 Å². The second kappa shape index (κ2) is 14.5. The average molecular weight is 835 g/mol. The number of fused-ring (bicyclic) bond motifs is 8. The summed E-state index contributed by atoms with van der Waals surface area (Å²) in [5, 5.41) is 12.2. The van der Waals surface area contributed by atoms with E-state index in [9.17, 15) is 26.3 Å². The smallest absolute Gasteiger partial charge is 0.406 e. The molecule has 0 fully saturated rings. The van der Waals surface area contributed by atoms with Crippen LogP contribution in [0, 0.1) is 0 Å². The van der Waals surface area contributed by atoms with Gasteiger partial charge in [0, 0.05) is 0 Å². The summed E-state index contributed by atoms with van der Waals surface area (Å²) in [5.74, 6) is -0.314. The van der Waals surface area contributed by atoms with Crippen molar-refractivity contribution in [1.82, 2.24) is 0 Å². The number of rotatable bonds is 5. The fourth-order valence-electron chi connectivity index (χ4n) is 9.32. The highest BCUT2D eigenvalue weighted by molar-refractivity contribution is 6.25. The van der Waals surface area contributed by atoms with E-state index in [0.717, 1.165) is 110 Å². The molecule has 11 aromatic rings. The Kier molecular flexibility index (Phi) is 8.81. The van der Waals surface area contributed by atoms with Crippen molar-refractivity contribution in [1.29, 1.82) is 0 Å². The van der Waals surface area contributed by atoms with Crippen molar-refractivity contribution in [2.75, 3.05) is 0 Å². The highest BCUT2D eigenvalue weighted by atomic mass is 19.4. The van der Waals surface area contributed by atoms with Crippen molar-refractivity contribution >= 4 is 64.6 Å². The SMILES string of the molecule is FC(F)(F)Oc1ccc(-c2cc(-c3cc4ccccc4c4ccccc34)c3cc4cc(-c5ccc(C(F)(F)F)cc5)ccc4c(-c4cc5ccccc5c5ccccc45)c3c2)cc1. The highest BCUT2D eigenvalue weighted by Crippen LogP contribution is 2.48. The normalized spacial score (nSPS) is 12.3. The number of ether oxygens (including phenoxy) is 1. The molecule has 0 saturated carbocycles. The van der Waals surface area contributed by atoms with E-state index in [1.807, 2.05) is 66.7 Å². The van der Waals surface area contributed by atoms with E-state index in [0.29, 0.717) is 11.1 Å². The molecule has 0 aromatic heterocycles. The van der Waals surface area contributed by atoms with Gasteiger partial charge in [0.25, 0.3) is 0 Å². The van der Waals surface area contributed by atoms with Gasteiger partial charge in [-0.1, -0.05) is 133 Å². The van der Waals surface area contributed by atoms with Crippen LogP contribution in [-0.2, 0) is 6.18 Å². The van der Waals surface area contributed by atoms with Crippen molar-refractivity contribution in [2.45, 2.75) is 12.5 Å². The van der Waals surface area contributed by atoms with Gasteiger partial charge in [-0.3, -0.25) is 0 Å². The second-order valence-corrected chi connectivity index (χ2v) is 15.8. The molecule has 11 rings (SSSR count). The number of benzene rings is 11. The van der Waals surface area contributed by atoms with Crippen LogP contribution in [0.5, 0.6) is 5.75 Å². The number of alkyl halides is 6. The van der Waals surface area contributed by atoms with Crippen LogP contribution in [0.4, 0.5) is 26.3 Å². The fraction of sp³-hybridized carbons (Fsp3) is 0.0357. The van der Waals surface area contributed by atoms with E-state index in [4.69, 9.17) is 0 Å². The van der Waals surface area contributed by atoms with E-state index < -0.39 is 18.1 Å². The van der Waals surface area contributed by atoms with Crippen LogP contribution in [0.15, 0.2) is 194 Å². The second-order valence-electron chi connectivity index (χ2n) is 15.8. The van der Waals surface area contributed by atoms with Crippen molar-refractivity contribution < 1.29 is 31.1 Å². The van der Waals surface area contributed by atoms with Gasteiger partial charge >= 0.3 is 12.5 Å². The third kappa shape index (κ3) is 6.77.